The molecule has 26 heavy (non-hydrogen) atoms. The van der Waals surface area contributed by atoms with Gasteiger partial charge in [-0.05, 0) is 23.8 Å². The minimum atomic E-state index is -0.230. The maximum Gasteiger partial charge on any atom is 0.287 e. The lowest BCUT2D eigenvalue weighted by Crippen LogP contribution is -2.44. The van der Waals surface area contributed by atoms with Crippen LogP contribution in [0.25, 0.3) is 0 Å². The molecular formula is C18H23IN4O3. The summed E-state index contributed by atoms with van der Waals surface area (Å²) >= 11 is 0. The highest BCUT2D eigenvalue weighted by Crippen LogP contribution is 2.27. The number of furan rings is 1. The van der Waals surface area contributed by atoms with E-state index < -0.39 is 0 Å². The molecule has 1 aliphatic heterocycles. The van der Waals surface area contributed by atoms with Crippen LogP contribution in [0.2, 0.25) is 0 Å². The summed E-state index contributed by atoms with van der Waals surface area (Å²) < 4.78 is 10.9. The fraction of sp³-hybridized carbons (Fsp3) is 0.333. The lowest BCUT2D eigenvalue weighted by Gasteiger charge is -2.15. The predicted octanol–water partition coefficient (Wildman–Crippen LogP) is 1.80. The minimum Gasteiger partial charge on any atom is -0.488 e. The lowest BCUT2D eigenvalue weighted by atomic mass is 10.1. The summed E-state index contributed by atoms with van der Waals surface area (Å²) in [5.41, 5.74) is 1.23. The number of carbonyl (C=O) groups excluding carboxylic acids is 1. The summed E-state index contributed by atoms with van der Waals surface area (Å²) in [7, 11) is 1.71. The second-order valence-electron chi connectivity index (χ2n) is 5.66. The van der Waals surface area contributed by atoms with E-state index in [0.717, 1.165) is 12.2 Å². The summed E-state index contributed by atoms with van der Waals surface area (Å²) in [4.78, 5) is 15.9. The van der Waals surface area contributed by atoms with Crippen LogP contribution in [0.1, 0.15) is 16.1 Å². The molecule has 2 aromatic rings. The van der Waals surface area contributed by atoms with Gasteiger partial charge in [0.15, 0.2) is 11.7 Å². The van der Waals surface area contributed by atoms with E-state index in [9.17, 15) is 4.79 Å². The number of ether oxygens (including phenoxy) is 1. The van der Waals surface area contributed by atoms with E-state index in [0.29, 0.717) is 31.4 Å². The van der Waals surface area contributed by atoms with E-state index >= 15 is 0 Å². The first kappa shape index (κ1) is 20.1. The Hall–Kier alpha value is -2.23. The third-order valence-electron chi connectivity index (χ3n) is 3.88. The highest BCUT2D eigenvalue weighted by atomic mass is 127. The van der Waals surface area contributed by atoms with Crippen LogP contribution in [0.3, 0.4) is 0 Å². The summed E-state index contributed by atoms with van der Waals surface area (Å²) in [5.74, 6) is 1.71. The highest BCUT2D eigenvalue weighted by Gasteiger charge is 2.22. The van der Waals surface area contributed by atoms with Crippen molar-refractivity contribution in [2.75, 3.05) is 26.7 Å². The fourth-order valence-electron chi connectivity index (χ4n) is 2.65. The van der Waals surface area contributed by atoms with Crippen molar-refractivity contribution in [3.05, 3.63) is 54.0 Å². The summed E-state index contributed by atoms with van der Waals surface area (Å²) in [6, 6.07) is 11.4. The predicted molar refractivity (Wildman–Crippen MR) is 110 cm³/mol. The van der Waals surface area contributed by atoms with Gasteiger partial charge >= 0.3 is 0 Å². The van der Waals surface area contributed by atoms with Crippen molar-refractivity contribution < 1.29 is 13.9 Å². The van der Waals surface area contributed by atoms with Crippen molar-refractivity contribution in [1.29, 1.82) is 0 Å². The number of benzene rings is 1. The first-order chi connectivity index (χ1) is 12.3. The monoisotopic (exact) mass is 470 g/mol. The number of nitrogens with one attached hydrogen (secondary N) is 3. The molecule has 0 saturated carbocycles. The quantitative estimate of drug-likeness (QED) is 0.260. The van der Waals surface area contributed by atoms with Crippen LogP contribution in [0.5, 0.6) is 5.75 Å². The van der Waals surface area contributed by atoms with Gasteiger partial charge in [-0.1, -0.05) is 18.2 Å². The Labute approximate surface area is 169 Å². The molecule has 0 bridgehead atoms. The van der Waals surface area contributed by atoms with Gasteiger partial charge in [-0.2, -0.15) is 0 Å². The van der Waals surface area contributed by atoms with E-state index in [1.807, 2.05) is 18.2 Å². The standard InChI is InChI=1S/C18H22N4O3.HI/c1-19-18(21-9-8-20-17(23)16-7-4-10-24-16)22-12-14-11-13-5-2-3-6-15(13)25-14;/h2-7,10,14H,8-9,11-12H2,1H3,(H,20,23)(H2,19,21,22);1H. The Bertz CT molecular complexity index is 709. The Kier molecular flexibility index (Phi) is 7.76. The number of amides is 1. The van der Waals surface area contributed by atoms with Gasteiger partial charge in [-0.25, -0.2) is 0 Å². The Morgan fingerprint density at radius 2 is 1.96 bits per heavy atom. The molecule has 8 heteroatoms. The van der Waals surface area contributed by atoms with E-state index in [2.05, 4.69) is 27.0 Å². The van der Waals surface area contributed by atoms with E-state index in [-0.39, 0.29) is 36.0 Å². The van der Waals surface area contributed by atoms with Gasteiger partial charge in [0.1, 0.15) is 11.9 Å². The number of fused-ring (bicyclic) bond motifs is 1. The summed E-state index contributed by atoms with van der Waals surface area (Å²) in [5, 5.41) is 9.17. The zero-order valence-electron chi connectivity index (χ0n) is 14.5. The van der Waals surface area contributed by atoms with Crippen molar-refractivity contribution >= 4 is 35.8 Å². The van der Waals surface area contributed by atoms with Crippen molar-refractivity contribution in [2.24, 2.45) is 4.99 Å². The van der Waals surface area contributed by atoms with Crippen LogP contribution in [-0.2, 0) is 6.42 Å². The zero-order valence-corrected chi connectivity index (χ0v) is 16.9. The minimum absolute atomic E-state index is 0. The second-order valence-corrected chi connectivity index (χ2v) is 5.66. The molecule has 0 radical (unpaired) electrons. The van der Waals surface area contributed by atoms with Gasteiger partial charge in [-0.15, -0.1) is 24.0 Å². The third kappa shape index (κ3) is 5.38. The third-order valence-corrected chi connectivity index (χ3v) is 3.88. The van der Waals surface area contributed by atoms with Gasteiger partial charge in [0.2, 0.25) is 0 Å². The van der Waals surface area contributed by atoms with Gasteiger partial charge in [0.05, 0.1) is 12.8 Å². The van der Waals surface area contributed by atoms with Crippen molar-refractivity contribution in [3.8, 4) is 5.75 Å². The number of hydrogen-bond donors (Lipinski definition) is 3. The maximum atomic E-state index is 11.7. The van der Waals surface area contributed by atoms with Gasteiger partial charge in [0.25, 0.3) is 5.91 Å². The first-order valence-electron chi connectivity index (χ1n) is 8.27. The van der Waals surface area contributed by atoms with Crippen LogP contribution in [0.15, 0.2) is 52.1 Å². The molecule has 1 unspecified atom stereocenters. The Morgan fingerprint density at radius 3 is 2.69 bits per heavy atom. The van der Waals surface area contributed by atoms with Crippen molar-refractivity contribution in [3.63, 3.8) is 0 Å². The number of halogens is 1. The molecule has 3 rings (SSSR count). The molecule has 1 aliphatic rings. The van der Waals surface area contributed by atoms with E-state index in [1.165, 1.54) is 11.8 Å². The van der Waals surface area contributed by atoms with Crippen LogP contribution in [0.4, 0.5) is 0 Å². The molecule has 0 spiro atoms. The van der Waals surface area contributed by atoms with Crippen molar-refractivity contribution in [2.45, 2.75) is 12.5 Å². The number of rotatable bonds is 6. The molecule has 7 nitrogen and oxygen atoms in total. The Balaban J connectivity index is 0.00000243. The average molecular weight is 470 g/mol. The highest BCUT2D eigenvalue weighted by molar-refractivity contribution is 14.0. The van der Waals surface area contributed by atoms with E-state index in [1.54, 1.807) is 19.2 Å². The van der Waals surface area contributed by atoms with Crippen molar-refractivity contribution in [1.82, 2.24) is 16.0 Å². The first-order valence-corrected chi connectivity index (χ1v) is 8.27. The number of nitrogens with zero attached hydrogens (tertiary/aromatic N) is 1. The average Bonchev–Trinajstić information content (AvgIpc) is 3.30. The summed E-state index contributed by atoms with van der Waals surface area (Å²) in [6.45, 7) is 1.68. The molecule has 0 aliphatic carbocycles. The number of guanidine groups is 1. The van der Waals surface area contributed by atoms with Crippen LogP contribution in [0, 0.1) is 0 Å². The molecule has 140 valence electrons. The summed E-state index contributed by atoms with van der Waals surface area (Å²) in [6.07, 6.45) is 2.46. The molecule has 0 saturated heterocycles. The number of carbonyl (C=O) groups is 1. The zero-order chi connectivity index (χ0) is 17.5. The fourth-order valence-corrected chi connectivity index (χ4v) is 2.65. The largest absolute Gasteiger partial charge is 0.488 e. The lowest BCUT2D eigenvalue weighted by molar-refractivity contribution is 0.0926. The maximum absolute atomic E-state index is 11.7. The SMILES string of the molecule is CN=C(NCCNC(=O)c1ccco1)NCC1Cc2ccccc2O1.I. The molecule has 0 fully saturated rings. The Morgan fingerprint density at radius 1 is 1.15 bits per heavy atom. The molecule has 1 amide bonds. The van der Waals surface area contributed by atoms with Gasteiger partial charge in [-0.3, -0.25) is 9.79 Å². The molecule has 3 N–H and O–H groups in total. The topological polar surface area (TPSA) is 87.9 Å². The normalized spacial score (nSPS) is 15.4. The van der Waals surface area contributed by atoms with Crippen LogP contribution < -0.4 is 20.7 Å². The van der Waals surface area contributed by atoms with Crippen LogP contribution in [-0.4, -0.2) is 44.7 Å². The number of hydrogen-bond acceptors (Lipinski definition) is 4. The van der Waals surface area contributed by atoms with Gasteiger partial charge < -0.3 is 25.1 Å². The van der Waals surface area contributed by atoms with Crippen LogP contribution >= 0.6 is 24.0 Å². The molecule has 2 heterocycles. The molecule has 1 aromatic heterocycles. The smallest absolute Gasteiger partial charge is 0.287 e. The number of aliphatic imine (C=N–C) groups is 1. The number of para-hydroxylation sites is 1. The molecule has 1 aromatic carbocycles. The molecular weight excluding hydrogens is 447 g/mol. The molecule has 1 atom stereocenters. The van der Waals surface area contributed by atoms with E-state index in [4.69, 9.17) is 9.15 Å². The second kappa shape index (κ2) is 10.0. The van der Waals surface area contributed by atoms with Gasteiger partial charge in [0, 0.05) is 26.6 Å².